The molecule has 1 aliphatic carbocycles. The van der Waals surface area contributed by atoms with Crippen LogP contribution in [-0.2, 0) is 24.3 Å². The van der Waals surface area contributed by atoms with Crippen molar-refractivity contribution in [2.75, 3.05) is 5.32 Å². The Bertz CT molecular complexity index is 907. The number of fused-ring (bicyclic) bond motifs is 1. The average Bonchev–Trinajstić information content (AvgIpc) is 3.39. The van der Waals surface area contributed by atoms with Crippen LogP contribution in [-0.4, -0.2) is 16.5 Å². The molecular weight excluding hydrogens is 358 g/mol. The lowest BCUT2D eigenvalue weighted by molar-refractivity contribution is 0.101. The first kappa shape index (κ1) is 17.4. The lowest BCUT2D eigenvalue weighted by atomic mass is 10.0. The molecular formula is C18H20F2N4OS. The van der Waals surface area contributed by atoms with Gasteiger partial charge in [0.25, 0.3) is 5.91 Å². The summed E-state index contributed by atoms with van der Waals surface area (Å²) in [5.74, 6) is -1.68. The van der Waals surface area contributed by atoms with Gasteiger partial charge in [-0.15, -0.1) is 0 Å². The Kier molecular flexibility index (Phi) is 4.40. The molecule has 8 heteroatoms. The van der Waals surface area contributed by atoms with Gasteiger partial charge in [-0.25, -0.2) is 13.5 Å². The fraction of sp³-hybridized carbons (Fsp3) is 0.389. The zero-order chi connectivity index (χ0) is 18.4. The normalized spacial score (nSPS) is 22.6. The van der Waals surface area contributed by atoms with Crippen LogP contribution in [0.2, 0.25) is 0 Å². The molecule has 3 N–H and O–H groups in total. The van der Waals surface area contributed by atoms with Gasteiger partial charge in [0.15, 0.2) is 11.6 Å². The fourth-order valence-electron chi connectivity index (χ4n) is 3.53. The zero-order valence-corrected chi connectivity index (χ0v) is 15.1. The van der Waals surface area contributed by atoms with E-state index in [2.05, 4.69) is 10.0 Å². The first-order valence-corrected chi connectivity index (χ1v) is 9.83. The topological polar surface area (TPSA) is 69.9 Å². The predicted octanol–water partition coefficient (Wildman–Crippen LogP) is 3.52. The van der Waals surface area contributed by atoms with E-state index >= 15 is 0 Å². The Balaban J connectivity index is 1.62. The second-order valence-corrected chi connectivity index (χ2v) is 8.21. The molecule has 2 aliphatic rings. The number of nitrogens with one attached hydrogen (secondary N) is 3. The number of halogens is 2. The Morgan fingerprint density at radius 2 is 2.08 bits per heavy atom. The Morgan fingerprint density at radius 3 is 2.77 bits per heavy atom. The number of rotatable bonds is 3. The maximum Gasteiger partial charge on any atom is 0.272 e. The molecule has 0 spiro atoms. The average molecular weight is 378 g/mol. The van der Waals surface area contributed by atoms with Crippen LogP contribution in [0.4, 0.5) is 14.5 Å². The number of amides is 1. The van der Waals surface area contributed by atoms with Crippen LogP contribution >= 0.6 is 0 Å². The SMILES string of the molecule is Cn1cc2c(c1C(=O)Nc1ccc(F)c(F)c1)CCC(C1CC1)NS2=N. The molecule has 2 aromatic rings. The number of hydrogen-bond acceptors (Lipinski definition) is 2. The smallest absolute Gasteiger partial charge is 0.272 e. The number of carbonyl (C=O) groups is 1. The second-order valence-electron chi connectivity index (χ2n) is 6.92. The van der Waals surface area contributed by atoms with Gasteiger partial charge in [-0.2, -0.15) is 0 Å². The van der Waals surface area contributed by atoms with Gasteiger partial charge >= 0.3 is 0 Å². The van der Waals surface area contributed by atoms with Crippen LogP contribution in [0.3, 0.4) is 0 Å². The lowest BCUT2D eigenvalue weighted by Gasteiger charge is -2.15. The van der Waals surface area contributed by atoms with Crippen molar-refractivity contribution in [3.8, 4) is 0 Å². The van der Waals surface area contributed by atoms with Gasteiger partial charge < -0.3 is 9.88 Å². The summed E-state index contributed by atoms with van der Waals surface area (Å²) >= 11 is 0. The summed E-state index contributed by atoms with van der Waals surface area (Å²) in [6, 6.07) is 3.62. The predicted molar refractivity (Wildman–Crippen MR) is 96.0 cm³/mol. The van der Waals surface area contributed by atoms with Crippen LogP contribution in [0.5, 0.6) is 0 Å². The summed E-state index contributed by atoms with van der Waals surface area (Å²) in [4.78, 5) is 13.6. The van der Waals surface area contributed by atoms with Gasteiger partial charge in [-0.1, -0.05) is 0 Å². The van der Waals surface area contributed by atoms with Gasteiger partial charge in [0.2, 0.25) is 0 Å². The lowest BCUT2D eigenvalue weighted by Crippen LogP contribution is -2.30. The van der Waals surface area contributed by atoms with Crippen molar-refractivity contribution in [3.05, 3.63) is 47.3 Å². The summed E-state index contributed by atoms with van der Waals surface area (Å²) in [6.45, 7) is 0. The number of carbonyl (C=O) groups excluding carboxylic acids is 1. The first-order chi connectivity index (χ1) is 12.4. The van der Waals surface area contributed by atoms with Crippen molar-refractivity contribution in [1.82, 2.24) is 9.29 Å². The minimum absolute atomic E-state index is 0.205. The van der Waals surface area contributed by atoms with E-state index in [9.17, 15) is 13.6 Å². The van der Waals surface area contributed by atoms with E-state index in [1.54, 1.807) is 11.6 Å². The summed E-state index contributed by atoms with van der Waals surface area (Å²) in [5.41, 5.74) is 1.56. The monoisotopic (exact) mass is 378 g/mol. The number of anilines is 1. The van der Waals surface area contributed by atoms with Crippen LogP contribution in [0, 0.1) is 22.3 Å². The van der Waals surface area contributed by atoms with Gasteiger partial charge in [-0.3, -0.25) is 9.57 Å². The number of aromatic nitrogens is 1. The van der Waals surface area contributed by atoms with Gasteiger partial charge in [0.1, 0.15) is 5.69 Å². The highest BCUT2D eigenvalue weighted by Gasteiger charge is 2.35. The molecule has 138 valence electrons. The molecule has 1 aliphatic heterocycles. The van der Waals surface area contributed by atoms with Gasteiger partial charge in [0.05, 0.1) is 4.90 Å². The van der Waals surface area contributed by atoms with Crippen molar-refractivity contribution < 1.29 is 13.6 Å². The first-order valence-electron chi connectivity index (χ1n) is 8.60. The molecule has 2 unspecified atom stereocenters. The van der Waals surface area contributed by atoms with E-state index in [4.69, 9.17) is 4.78 Å². The molecule has 2 atom stereocenters. The van der Waals surface area contributed by atoms with E-state index in [-0.39, 0.29) is 11.6 Å². The third-order valence-corrected chi connectivity index (χ3v) is 6.36. The van der Waals surface area contributed by atoms with Crippen LogP contribution in [0.25, 0.3) is 0 Å². The van der Waals surface area contributed by atoms with Crippen molar-refractivity contribution >= 4 is 22.5 Å². The van der Waals surface area contributed by atoms with Crippen LogP contribution in [0.1, 0.15) is 35.3 Å². The second kappa shape index (κ2) is 6.59. The van der Waals surface area contributed by atoms with E-state index in [1.165, 1.54) is 18.9 Å². The molecule has 0 radical (unpaired) electrons. The molecule has 1 fully saturated rings. The summed E-state index contributed by atoms with van der Waals surface area (Å²) in [6.07, 6.45) is 5.86. The van der Waals surface area contributed by atoms with Crippen LogP contribution < -0.4 is 10.0 Å². The van der Waals surface area contributed by atoms with Crippen molar-refractivity contribution in [2.24, 2.45) is 13.0 Å². The highest BCUT2D eigenvalue weighted by molar-refractivity contribution is 7.84. The molecule has 26 heavy (non-hydrogen) atoms. The summed E-state index contributed by atoms with van der Waals surface area (Å²) in [5, 5.41) is 2.64. The molecule has 0 bridgehead atoms. The molecule has 2 heterocycles. The molecule has 1 aromatic heterocycles. The summed E-state index contributed by atoms with van der Waals surface area (Å²) in [7, 11) is 0.905. The molecule has 1 saturated carbocycles. The highest BCUT2D eigenvalue weighted by atomic mass is 32.2. The largest absolute Gasteiger partial charge is 0.345 e. The number of nitrogens with zero attached hydrogens (tertiary/aromatic N) is 1. The van der Waals surface area contributed by atoms with E-state index in [1.807, 2.05) is 6.20 Å². The number of aryl methyl sites for hydroxylation is 1. The van der Waals surface area contributed by atoms with Gasteiger partial charge in [-0.05, 0) is 60.2 Å². The maximum absolute atomic E-state index is 13.4. The number of benzene rings is 1. The van der Waals surface area contributed by atoms with Crippen LogP contribution in [0.15, 0.2) is 29.3 Å². The molecule has 1 amide bonds. The molecule has 0 saturated heterocycles. The minimum Gasteiger partial charge on any atom is -0.345 e. The molecule has 1 aromatic carbocycles. The fourth-order valence-corrected chi connectivity index (χ4v) is 4.98. The van der Waals surface area contributed by atoms with Crippen molar-refractivity contribution in [3.63, 3.8) is 0 Å². The summed E-state index contributed by atoms with van der Waals surface area (Å²) < 4.78 is 40.0. The quantitative estimate of drug-likeness (QED) is 0.765. The Labute approximate surface area is 152 Å². The van der Waals surface area contributed by atoms with E-state index in [0.29, 0.717) is 17.7 Å². The highest BCUT2D eigenvalue weighted by Crippen LogP contribution is 2.37. The minimum atomic E-state index is -1.00. The Hall–Kier alpha value is -2.06. The Morgan fingerprint density at radius 1 is 1.31 bits per heavy atom. The van der Waals surface area contributed by atoms with Gasteiger partial charge in [0, 0.05) is 31.0 Å². The molecule has 5 nitrogen and oxygen atoms in total. The number of hydrogen-bond donors (Lipinski definition) is 3. The third kappa shape index (κ3) is 3.19. The third-order valence-electron chi connectivity index (χ3n) is 5.02. The van der Waals surface area contributed by atoms with E-state index < -0.39 is 22.5 Å². The maximum atomic E-state index is 13.4. The van der Waals surface area contributed by atoms with Crippen molar-refractivity contribution in [2.45, 2.75) is 36.6 Å². The standard InChI is InChI=1S/C18H20F2N4OS/c1-24-9-16-12(5-7-15(10-2-3-10)23-26(16)21)17(24)18(25)22-11-4-6-13(19)14(20)8-11/h4,6,8-10,15H,2-3,5,7H2,1H3,(H2,21,23)(H,22,25). The molecule has 4 rings (SSSR count). The zero-order valence-electron chi connectivity index (χ0n) is 14.3. The van der Waals surface area contributed by atoms with E-state index in [0.717, 1.165) is 35.4 Å². The van der Waals surface area contributed by atoms with Crippen molar-refractivity contribution in [1.29, 1.82) is 4.78 Å².